The van der Waals surface area contributed by atoms with Gasteiger partial charge in [-0.1, -0.05) is 19.1 Å². The first kappa shape index (κ1) is 13.1. The van der Waals surface area contributed by atoms with Gasteiger partial charge in [-0.3, -0.25) is 0 Å². The van der Waals surface area contributed by atoms with Crippen molar-refractivity contribution in [2.24, 2.45) is 5.92 Å². The minimum atomic E-state index is -0.221. The first-order chi connectivity index (χ1) is 8.72. The van der Waals surface area contributed by atoms with E-state index in [0.717, 1.165) is 19.5 Å². The van der Waals surface area contributed by atoms with E-state index in [1.807, 2.05) is 25.1 Å². The Morgan fingerprint density at radius 3 is 3.06 bits per heavy atom. The maximum atomic E-state index is 11.7. The van der Waals surface area contributed by atoms with E-state index in [4.69, 9.17) is 4.74 Å². The highest BCUT2D eigenvalue weighted by Crippen LogP contribution is 2.30. The third-order valence-electron chi connectivity index (χ3n) is 3.61. The number of carbonyl (C=O) groups is 1. The summed E-state index contributed by atoms with van der Waals surface area (Å²) in [5.41, 5.74) is 1.93. The Morgan fingerprint density at radius 1 is 1.50 bits per heavy atom. The Bertz CT molecular complexity index is 417. The van der Waals surface area contributed by atoms with E-state index >= 15 is 0 Å². The molecule has 0 spiro atoms. The molecule has 1 fully saturated rings. The monoisotopic (exact) mass is 247 g/mol. The van der Waals surface area contributed by atoms with Gasteiger partial charge in [-0.05, 0) is 56.0 Å². The van der Waals surface area contributed by atoms with E-state index in [9.17, 15) is 4.79 Å². The number of hydrogen-bond acceptors (Lipinski definition) is 3. The van der Waals surface area contributed by atoms with Gasteiger partial charge >= 0.3 is 5.97 Å². The zero-order valence-electron chi connectivity index (χ0n) is 11.1. The number of carbonyl (C=O) groups excluding carboxylic acids is 1. The van der Waals surface area contributed by atoms with Gasteiger partial charge < -0.3 is 10.1 Å². The molecule has 0 amide bonds. The molecule has 0 radical (unpaired) electrons. The maximum absolute atomic E-state index is 11.7. The van der Waals surface area contributed by atoms with Crippen molar-refractivity contribution in [1.29, 1.82) is 0 Å². The van der Waals surface area contributed by atoms with E-state index in [2.05, 4.69) is 18.3 Å². The first-order valence-electron chi connectivity index (χ1n) is 6.70. The third-order valence-corrected chi connectivity index (χ3v) is 3.61. The SMILES string of the molecule is CCOC(=O)c1cccc([C@H]2CCNC[C@@H]2C)c1. The van der Waals surface area contributed by atoms with E-state index in [1.54, 1.807) is 0 Å². The smallest absolute Gasteiger partial charge is 0.338 e. The topological polar surface area (TPSA) is 38.3 Å². The number of nitrogens with one attached hydrogen (secondary N) is 1. The van der Waals surface area contributed by atoms with Crippen LogP contribution in [0.25, 0.3) is 0 Å². The minimum Gasteiger partial charge on any atom is -0.462 e. The standard InChI is InChI=1S/C15H21NO2/c1-3-18-15(17)13-6-4-5-12(9-13)14-7-8-16-10-11(14)2/h4-6,9,11,14,16H,3,7-8,10H2,1-2H3/t11-,14-/m0/s1. The van der Waals surface area contributed by atoms with Gasteiger partial charge in [0.05, 0.1) is 12.2 Å². The summed E-state index contributed by atoms with van der Waals surface area (Å²) in [6.07, 6.45) is 1.13. The van der Waals surface area contributed by atoms with Crippen LogP contribution in [0.1, 0.15) is 42.1 Å². The van der Waals surface area contributed by atoms with Crippen LogP contribution in [-0.2, 0) is 4.74 Å². The van der Waals surface area contributed by atoms with Crippen LogP contribution in [0.15, 0.2) is 24.3 Å². The van der Waals surface area contributed by atoms with Gasteiger partial charge in [0.2, 0.25) is 0 Å². The average molecular weight is 247 g/mol. The van der Waals surface area contributed by atoms with E-state index < -0.39 is 0 Å². The number of rotatable bonds is 3. The summed E-state index contributed by atoms with van der Waals surface area (Å²) < 4.78 is 5.05. The third kappa shape index (κ3) is 2.91. The highest BCUT2D eigenvalue weighted by atomic mass is 16.5. The molecule has 18 heavy (non-hydrogen) atoms. The first-order valence-corrected chi connectivity index (χ1v) is 6.70. The molecule has 98 valence electrons. The molecule has 1 saturated heterocycles. The molecule has 1 heterocycles. The lowest BCUT2D eigenvalue weighted by atomic mass is 9.82. The number of benzene rings is 1. The molecule has 0 saturated carbocycles. The molecule has 0 aliphatic carbocycles. The molecular weight excluding hydrogens is 226 g/mol. The summed E-state index contributed by atoms with van der Waals surface area (Å²) >= 11 is 0. The number of ether oxygens (including phenoxy) is 1. The van der Waals surface area contributed by atoms with E-state index in [0.29, 0.717) is 24.0 Å². The highest BCUT2D eigenvalue weighted by molar-refractivity contribution is 5.89. The van der Waals surface area contributed by atoms with Crippen molar-refractivity contribution in [3.63, 3.8) is 0 Å². The van der Waals surface area contributed by atoms with Crippen LogP contribution in [0.3, 0.4) is 0 Å². The van der Waals surface area contributed by atoms with Crippen LogP contribution in [-0.4, -0.2) is 25.7 Å². The van der Waals surface area contributed by atoms with Crippen LogP contribution in [0, 0.1) is 5.92 Å². The lowest BCUT2D eigenvalue weighted by molar-refractivity contribution is 0.0526. The van der Waals surface area contributed by atoms with Crippen LogP contribution in [0.5, 0.6) is 0 Å². The summed E-state index contributed by atoms with van der Waals surface area (Å²) in [5.74, 6) is 0.928. The van der Waals surface area contributed by atoms with Gasteiger partial charge in [0.1, 0.15) is 0 Å². The average Bonchev–Trinajstić information content (AvgIpc) is 2.40. The second-order valence-corrected chi connectivity index (χ2v) is 4.92. The molecule has 0 bridgehead atoms. The van der Waals surface area contributed by atoms with Crippen molar-refractivity contribution in [3.8, 4) is 0 Å². The van der Waals surface area contributed by atoms with Crippen molar-refractivity contribution < 1.29 is 9.53 Å². The number of hydrogen-bond donors (Lipinski definition) is 1. The maximum Gasteiger partial charge on any atom is 0.338 e. The summed E-state index contributed by atoms with van der Waals surface area (Å²) in [6, 6.07) is 7.89. The summed E-state index contributed by atoms with van der Waals surface area (Å²) in [4.78, 5) is 11.7. The van der Waals surface area contributed by atoms with Gasteiger partial charge in [-0.2, -0.15) is 0 Å². The Balaban J connectivity index is 2.18. The lowest BCUT2D eigenvalue weighted by Gasteiger charge is -2.30. The van der Waals surface area contributed by atoms with Gasteiger partial charge in [0.25, 0.3) is 0 Å². The van der Waals surface area contributed by atoms with Crippen molar-refractivity contribution in [1.82, 2.24) is 5.32 Å². The predicted octanol–water partition coefficient (Wildman–Crippen LogP) is 2.58. The van der Waals surface area contributed by atoms with Gasteiger partial charge in [-0.25, -0.2) is 4.79 Å². The van der Waals surface area contributed by atoms with Crippen LogP contribution in [0.2, 0.25) is 0 Å². The molecule has 2 atom stereocenters. The van der Waals surface area contributed by atoms with Crippen LogP contribution in [0.4, 0.5) is 0 Å². The second kappa shape index (κ2) is 6.01. The van der Waals surface area contributed by atoms with Crippen LogP contribution >= 0.6 is 0 Å². The Kier molecular flexibility index (Phi) is 4.37. The van der Waals surface area contributed by atoms with Crippen molar-refractivity contribution >= 4 is 5.97 Å². The fourth-order valence-corrected chi connectivity index (χ4v) is 2.62. The molecule has 0 unspecified atom stereocenters. The Labute approximate surface area is 109 Å². The molecular formula is C15H21NO2. The molecule has 1 aliphatic heterocycles. The largest absolute Gasteiger partial charge is 0.462 e. The minimum absolute atomic E-state index is 0.221. The molecule has 3 nitrogen and oxygen atoms in total. The summed E-state index contributed by atoms with van der Waals surface area (Å²) in [5, 5.41) is 3.40. The zero-order chi connectivity index (χ0) is 13.0. The molecule has 2 rings (SSSR count). The van der Waals surface area contributed by atoms with Crippen LogP contribution < -0.4 is 5.32 Å². The second-order valence-electron chi connectivity index (χ2n) is 4.92. The summed E-state index contributed by atoms with van der Waals surface area (Å²) in [6.45, 7) is 6.62. The van der Waals surface area contributed by atoms with Gasteiger partial charge in [0, 0.05) is 0 Å². The van der Waals surface area contributed by atoms with E-state index in [1.165, 1.54) is 5.56 Å². The number of esters is 1. The quantitative estimate of drug-likeness (QED) is 0.834. The predicted molar refractivity (Wildman–Crippen MR) is 71.8 cm³/mol. The number of piperidine rings is 1. The van der Waals surface area contributed by atoms with Crippen molar-refractivity contribution in [3.05, 3.63) is 35.4 Å². The lowest BCUT2D eigenvalue weighted by Crippen LogP contribution is -2.33. The van der Waals surface area contributed by atoms with Crippen molar-refractivity contribution in [2.45, 2.75) is 26.2 Å². The fraction of sp³-hybridized carbons (Fsp3) is 0.533. The summed E-state index contributed by atoms with van der Waals surface area (Å²) in [7, 11) is 0. The molecule has 3 heteroatoms. The molecule has 0 aromatic heterocycles. The fourth-order valence-electron chi connectivity index (χ4n) is 2.62. The van der Waals surface area contributed by atoms with Gasteiger partial charge in [0.15, 0.2) is 0 Å². The van der Waals surface area contributed by atoms with E-state index in [-0.39, 0.29) is 5.97 Å². The molecule has 1 aliphatic rings. The Hall–Kier alpha value is -1.35. The zero-order valence-corrected chi connectivity index (χ0v) is 11.1. The highest BCUT2D eigenvalue weighted by Gasteiger charge is 2.23. The Morgan fingerprint density at radius 2 is 2.33 bits per heavy atom. The molecule has 1 aromatic carbocycles. The molecule has 1 N–H and O–H groups in total. The van der Waals surface area contributed by atoms with Crippen molar-refractivity contribution in [2.75, 3.05) is 19.7 Å². The van der Waals surface area contributed by atoms with Gasteiger partial charge in [-0.15, -0.1) is 0 Å². The molecule has 1 aromatic rings. The normalized spacial score (nSPS) is 23.7.